The van der Waals surface area contributed by atoms with Crippen LogP contribution in [0.15, 0.2) is 5.38 Å². The van der Waals surface area contributed by atoms with Gasteiger partial charge in [-0.25, -0.2) is 4.98 Å². The van der Waals surface area contributed by atoms with Crippen molar-refractivity contribution in [1.82, 2.24) is 15.2 Å². The fraction of sp³-hybridized carbons (Fsp3) is 0.500. The molecule has 5 nitrogen and oxygen atoms in total. The Morgan fingerprint density at radius 1 is 1.56 bits per heavy atom. The molecule has 0 saturated carbocycles. The molecule has 1 N–H and O–H groups in total. The monoisotopic (exact) mass is 241 g/mol. The van der Waals surface area contributed by atoms with E-state index in [1.807, 2.05) is 12.3 Å². The summed E-state index contributed by atoms with van der Waals surface area (Å²) in [7, 11) is 3.15. The number of likely N-dealkylation sites (N-methyl/N-ethyl adjacent to an activating group) is 2. The lowest BCUT2D eigenvalue weighted by Crippen LogP contribution is -2.37. The Morgan fingerprint density at radius 3 is 2.75 bits per heavy atom. The Labute approximate surface area is 98.5 Å². The van der Waals surface area contributed by atoms with Crippen molar-refractivity contribution in [1.29, 1.82) is 0 Å². The van der Waals surface area contributed by atoms with Crippen LogP contribution in [0.25, 0.3) is 0 Å². The largest absolute Gasteiger partial charge is 0.358 e. The number of aromatic nitrogens is 1. The first kappa shape index (κ1) is 12.6. The summed E-state index contributed by atoms with van der Waals surface area (Å²) in [5.41, 5.74) is 0.760. The molecular formula is C10H15N3O2S. The van der Waals surface area contributed by atoms with Crippen molar-refractivity contribution >= 4 is 23.2 Å². The van der Waals surface area contributed by atoms with E-state index in [0.29, 0.717) is 0 Å². The zero-order chi connectivity index (χ0) is 12.1. The molecule has 2 amide bonds. The quantitative estimate of drug-likeness (QED) is 0.819. The lowest BCUT2D eigenvalue weighted by molar-refractivity contribution is -0.134. The predicted octanol–water partition coefficient (Wildman–Crippen LogP) is 0.198. The maximum absolute atomic E-state index is 11.7. The molecule has 0 unspecified atom stereocenters. The van der Waals surface area contributed by atoms with Crippen LogP contribution in [0.4, 0.5) is 0 Å². The maximum atomic E-state index is 11.7. The number of nitrogens with zero attached hydrogens (tertiary/aromatic N) is 2. The number of hydrogen-bond donors (Lipinski definition) is 1. The minimum atomic E-state index is -0.176. The van der Waals surface area contributed by atoms with Crippen LogP contribution in [0.3, 0.4) is 0 Å². The lowest BCUT2D eigenvalue weighted by atomic mass is 10.3. The van der Waals surface area contributed by atoms with E-state index >= 15 is 0 Å². The Morgan fingerprint density at radius 2 is 2.25 bits per heavy atom. The number of aryl methyl sites for hydroxylation is 1. The van der Waals surface area contributed by atoms with Gasteiger partial charge in [-0.2, -0.15) is 0 Å². The van der Waals surface area contributed by atoms with Crippen LogP contribution >= 0.6 is 11.3 Å². The van der Waals surface area contributed by atoms with E-state index in [1.54, 1.807) is 14.1 Å². The topological polar surface area (TPSA) is 62.3 Å². The summed E-state index contributed by atoms with van der Waals surface area (Å²) >= 11 is 1.52. The Balaban J connectivity index is 2.49. The molecule has 0 fully saturated rings. The normalized spacial score (nSPS) is 9.94. The molecule has 1 heterocycles. The number of nitrogens with one attached hydrogen (secondary N) is 1. The van der Waals surface area contributed by atoms with Crippen LogP contribution in [0.2, 0.25) is 0 Å². The fourth-order valence-corrected chi connectivity index (χ4v) is 1.77. The molecule has 0 atom stereocenters. The van der Waals surface area contributed by atoms with Gasteiger partial charge in [0.25, 0.3) is 0 Å². The van der Waals surface area contributed by atoms with Crippen molar-refractivity contribution < 1.29 is 9.59 Å². The van der Waals surface area contributed by atoms with Crippen LogP contribution in [-0.4, -0.2) is 42.3 Å². The first-order valence-corrected chi connectivity index (χ1v) is 5.76. The number of amides is 2. The van der Waals surface area contributed by atoms with Crippen LogP contribution in [0.5, 0.6) is 0 Å². The maximum Gasteiger partial charge on any atom is 0.239 e. The van der Waals surface area contributed by atoms with E-state index < -0.39 is 0 Å². The fourth-order valence-electron chi connectivity index (χ4n) is 1.16. The van der Waals surface area contributed by atoms with E-state index in [9.17, 15) is 9.59 Å². The van der Waals surface area contributed by atoms with Gasteiger partial charge in [-0.05, 0) is 6.92 Å². The van der Waals surface area contributed by atoms with E-state index in [2.05, 4.69) is 10.3 Å². The van der Waals surface area contributed by atoms with Gasteiger partial charge < -0.3 is 10.2 Å². The van der Waals surface area contributed by atoms with Gasteiger partial charge in [0.15, 0.2) is 0 Å². The predicted molar refractivity (Wildman–Crippen MR) is 62.3 cm³/mol. The van der Waals surface area contributed by atoms with Gasteiger partial charge in [0.2, 0.25) is 11.8 Å². The highest BCUT2D eigenvalue weighted by Crippen LogP contribution is 2.09. The lowest BCUT2D eigenvalue weighted by Gasteiger charge is -2.15. The summed E-state index contributed by atoms with van der Waals surface area (Å²) in [4.78, 5) is 28.3. The van der Waals surface area contributed by atoms with E-state index in [-0.39, 0.29) is 24.8 Å². The average molecular weight is 241 g/mol. The van der Waals surface area contributed by atoms with Gasteiger partial charge in [-0.3, -0.25) is 9.59 Å². The smallest absolute Gasteiger partial charge is 0.239 e. The molecule has 0 bridgehead atoms. The third-order valence-corrected chi connectivity index (χ3v) is 2.91. The zero-order valence-corrected chi connectivity index (χ0v) is 10.4. The van der Waals surface area contributed by atoms with Crippen LogP contribution in [-0.2, 0) is 16.0 Å². The zero-order valence-electron chi connectivity index (χ0n) is 9.61. The Kier molecular flexibility index (Phi) is 4.42. The first-order chi connectivity index (χ1) is 7.52. The summed E-state index contributed by atoms with van der Waals surface area (Å²) in [6.45, 7) is 1.98. The van der Waals surface area contributed by atoms with Gasteiger partial charge >= 0.3 is 0 Å². The molecule has 16 heavy (non-hydrogen) atoms. The number of thiazole rings is 1. The van der Waals surface area contributed by atoms with Gasteiger partial charge in [0, 0.05) is 19.5 Å². The molecule has 0 aliphatic rings. The molecule has 1 aromatic rings. The molecular weight excluding hydrogens is 226 g/mol. The van der Waals surface area contributed by atoms with Gasteiger partial charge in [0.05, 0.1) is 23.7 Å². The first-order valence-electron chi connectivity index (χ1n) is 4.88. The summed E-state index contributed by atoms with van der Waals surface area (Å²) in [5.74, 6) is -0.279. The highest BCUT2D eigenvalue weighted by atomic mass is 32.1. The second-order valence-electron chi connectivity index (χ2n) is 3.46. The molecule has 1 aromatic heterocycles. The van der Waals surface area contributed by atoms with Crippen LogP contribution < -0.4 is 5.32 Å². The number of rotatable bonds is 4. The summed E-state index contributed by atoms with van der Waals surface area (Å²) < 4.78 is 0. The van der Waals surface area contributed by atoms with Crippen molar-refractivity contribution in [2.24, 2.45) is 0 Å². The SMILES string of the molecule is CNC(=O)CN(C)C(=O)Cc1csc(C)n1. The Bertz CT molecular complexity index is 389. The molecule has 6 heteroatoms. The van der Waals surface area contributed by atoms with Gasteiger partial charge in [0.1, 0.15) is 0 Å². The number of carbonyl (C=O) groups is 2. The molecule has 0 aliphatic heterocycles. The van der Waals surface area contributed by atoms with Crippen LogP contribution in [0.1, 0.15) is 10.7 Å². The molecule has 0 spiro atoms. The third-order valence-electron chi connectivity index (χ3n) is 2.08. The molecule has 0 aliphatic carbocycles. The molecule has 0 aromatic carbocycles. The van der Waals surface area contributed by atoms with Crippen molar-refractivity contribution in [3.63, 3.8) is 0 Å². The highest BCUT2D eigenvalue weighted by Gasteiger charge is 2.13. The Hall–Kier alpha value is -1.43. The van der Waals surface area contributed by atoms with Gasteiger partial charge in [-0.1, -0.05) is 0 Å². The summed E-state index contributed by atoms with van der Waals surface area (Å²) in [6.07, 6.45) is 0.248. The molecule has 0 saturated heterocycles. The highest BCUT2D eigenvalue weighted by molar-refractivity contribution is 7.09. The third kappa shape index (κ3) is 3.62. The van der Waals surface area contributed by atoms with Gasteiger partial charge in [-0.15, -0.1) is 11.3 Å². The van der Waals surface area contributed by atoms with Crippen LogP contribution in [0, 0.1) is 6.92 Å². The molecule has 1 rings (SSSR count). The molecule has 88 valence electrons. The van der Waals surface area contributed by atoms with Crippen molar-refractivity contribution in [3.8, 4) is 0 Å². The van der Waals surface area contributed by atoms with E-state index in [1.165, 1.54) is 16.2 Å². The number of carbonyl (C=O) groups excluding carboxylic acids is 2. The van der Waals surface area contributed by atoms with Crippen molar-refractivity contribution in [2.75, 3.05) is 20.6 Å². The second kappa shape index (κ2) is 5.60. The van der Waals surface area contributed by atoms with E-state index in [0.717, 1.165) is 10.7 Å². The standard InChI is InChI=1S/C10H15N3O2S/c1-7-12-8(6-16-7)4-10(15)13(3)5-9(14)11-2/h6H,4-5H2,1-3H3,(H,11,14). The molecule has 0 radical (unpaired) electrons. The average Bonchev–Trinajstić information content (AvgIpc) is 2.63. The minimum Gasteiger partial charge on any atom is -0.358 e. The van der Waals surface area contributed by atoms with Crippen molar-refractivity contribution in [2.45, 2.75) is 13.3 Å². The minimum absolute atomic E-state index is 0.0818. The van der Waals surface area contributed by atoms with E-state index in [4.69, 9.17) is 0 Å². The number of hydrogen-bond acceptors (Lipinski definition) is 4. The summed E-state index contributed by atoms with van der Waals surface area (Å²) in [6, 6.07) is 0. The summed E-state index contributed by atoms with van der Waals surface area (Å²) in [5, 5.41) is 5.28. The second-order valence-corrected chi connectivity index (χ2v) is 4.52. The van der Waals surface area contributed by atoms with Crippen molar-refractivity contribution in [3.05, 3.63) is 16.1 Å².